The minimum absolute atomic E-state index is 0.0532. The van der Waals surface area contributed by atoms with Crippen LogP contribution in [0.3, 0.4) is 0 Å². The average molecular weight is 262 g/mol. The van der Waals surface area contributed by atoms with Gasteiger partial charge in [0.1, 0.15) is 0 Å². The molecule has 4 rings (SSSR count). The number of carbonyl (C=O) groups excluding carboxylic acids is 1. The van der Waals surface area contributed by atoms with Crippen molar-refractivity contribution >= 4 is 5.91 Å². The van der Waals surface area contributed by atoms with Crippen molar-refractivity contribution in [2.24, 2.45) is 11.8 Å². The summed E-state index contributed by atoms with van der Waals surface area (Å²) < 4.78 is 0.0532. The van der Waals surface area contributed by atoms with E-state index in [-0.39, 0.29) is 16.6 Å². The van der Waals surface area contributed by atoms with Crippen LogP contribution in [-0.4, -0.2) is 47.2 Å². The third-order valence-corrected chi connectivity index (χ3v) is 5.90. The predicted octanol–water partition coefficient (Wildman–Crippen LogP) is 1.66. The molecule has 4 aliphatic rings. The zero-order valence-corrected chi connectivity index (χ0v) is 11.3. The molecule has 3 fully saturated rings. The van der Waals surface area contributed by atoms with E-state index >= 15 is 0 Å². The first-order valence-corrected chi connectivity index (χ1v) is 7.74. The summed E-state index contributed by atoms with van der Waals surface area (Å²) in [7, 11) is 0. The molecule has 0 aromatic rings. The van der Waals surface area contributed by atoms with Gasteiger partial charge in [-0.1, -0.05) is 6.08 Å². The van der Waals surface area contributed by atoms with Gasteiger partial charge in [0, 0.05) is 24.4 Å². The Labute approximate surface area is 114 Å². The van der Waals surface area contributed by atoms with Crippen LogP contribution < -0.4 is 0 Å². The molecule has 0 aromatic heterocycles. The molecular weight excluding hydrogens is 240 g/mol. The highest BCUT2D eigenvalue weighted by Crippen LogP contribution is 2.47. The van der Waals surface area contributed by atoms with Gasteiger partial charge >= 0.3 is 0 Å². The lowest BCUT2D eigenvalue weighted by Gasteiger charge is -2.64. The molecule has 4 heteroatoms. The van der Waals surface area contributed by atoms with Crippen molar-refractivity contribution in [2.75, 3.05) is 19.6 Å². The van der Waals surface area contributed by atoms with Crippen molar-refractivity contribution in [3.05, 3.63) is 17.4 Å². The molecule has 0 radical (unpaired) electrons. The number of nitrogens with zero attached hydrogens (tertiary/aromatic N) is 2. The molecular formula is C15H22N2O2. The summed E-state index contributed by atoms with van der Waals surface area (Å²) in [6, 6.07) is 0.589. The Morgan fingerprint density at radius 3 is 2.89 bits per heavy atom. The van der Waals surface area contributed by atoms with E-state index in [9.17, 15) is 10.0 Å². The van der Waals surface area contributed by atoms with Crippen LogP contribution in [-0.2, 0) is 4.79 Å². The highest BCUT2D eigenvalue weighted by atomic mass is 16.5. The third kappa shape index (κ3) is 1.62. The van der Waals surface area contributed by atoms with Gasteiger partial charge in [0.15, 0.2) is 0 Å². The first-order chi connectivity index (χ1) is 9.19. The average Bonchev–Trinajstić information content (AvgIpc) is 2.40. The summed E-state index contributed by atoms with van der Waals surface area (Å²) in [6.07, 6.45) is 9.07. The number of fused-ring (bicyclic) bond motifs is 2. The number of amides is 1. The monoisotopic (exact) mass is 262 g/mol. The van der Waals surface area contributed by atoms with Gasteiger partial charge in [0.05, 0.1) is 19.1 Å². The number of piperidine rings is 3. The highest BCUT2D eigenvalue weighted by Gasteiger charge is 2.54. The Morgan fingerprint density at radius 1 is 1.26 bits per heavy atom. The van der Waals surface area contributed by atoms with E-state index in [1.165, 1.54) is 0 Å². The molecule has 1 amide bonds. The Bertz CT molecular complexity index is 432. The second-order valence-electron chi connectivity index (χ2n) is 6.79. The van der Waals surface area contributed by atoms with Crippen molar-refractivity contribution in [3.63, 3.8) is 0 Å². The lowest BCUT2D eigenvalue weighted by Crippen LogP contribution is -2.71. The van der Waals surface area contributed by atoms with Crippen molar-refractivity contribution in [1.82, 2.24) is 4.90 Å². The second-order valence-corrected chi connectivity index (χ2v) is 6.79. The number of carbonyl (C=O) groups is 1. The molecule has 0 aromatic carbocycles. The zero-order chi connectivity index (χ0) is 13.0. The number of rotatable bonds is 0. The molecule has 0 saturated carbocycles. The molecule has 4 nitrogen and oxygen atoms in total. The topological polar surface area (TPSA) is 43.4 Å². The minimum atomic E-state index is 0.0532. The predicted molar refractivity (Wildman–Crippen MR) is 71.9 cm³/mol. The molecule has 0 bridgehead atoms. The van der Waals surface area contributed by atoms with Crippen LogP contribution >= 0.6 is 0 Å². The van der Waals surface area contributed by atoms with Gasteiger partial charge in [-0.25, -0.2) is 0 Å². The van der Waals surface area contributed by atoms with E-state index in [4.69, 9.17) is 0 Å². The summed E-state index contributed by atoms with van der Waals surface area (Å²) in [5.41, 5.74) is 0. The third-order valence-electron chi connectivity index (χ3n) is 5.90. The summed E-state index contributed by atoms with van der Waals surface area (Å²) in [6.45, 7) is 2.46. The molecule has 0 N–H and O–H groups in total. The fraction of sp³-hybridized carbons (Fsp3) is 0.800. The number of hydrogen-bond donors (Lipinski definition) is 0. The molecule has 0 spiro atoms. The van der Waals surface area contributed by atoms with Crippen LogP contribution in [0.1, 0.15) is 32.1 Å². The number of quaternary nitrogens is 1. The lowest BCUT2D eigenvalue weighted by molar-refractivity contribution is -0.925. The normalized spacial score (nSPS) is 48.7. The van der Waals surface area contributed by atoms with E-state index in [2.05, 4.69) is 4.90 Å². The van der Waals surface area contributed by atoms with Crippen LogP contribution in [0.25, 0.3) is 0 Å². The van der Waals surface area contributed by atoms with Gasteiger partial charge in [0.25, 0.3) is 0 Å². The van der Waals surface area contributed by atoms with Crippen molar-refractivity contribution < 1.29 is 9.44 Å². The van der Waals surface area contributed by atoms with Crippen LogP contribution in [0, 0.1) is 17.0 Å². The van der Waals surface area contributed by atoms with E-state index in [1.807, 2.05) is 6.08 Å². The van der Waals surface area contributed by atoms with Gasteiger partial charge in [0.2, 0.25) is 5.91 Å². The van der Waals surface area contributed by atoms with Crippen molar-refractivity contribution in [2.45, 2.75) is 44.2 Å². The largest absolute Gasteiger partial charge is 0.633 e. The minimum Gasteiger partial charge on any atom is -0.633 e. The maximum atomic E-state index is 13.1. The van der Waals surface area contributed by atoms with Crippen molar-refractivity contribution in [3.8, 4) is 0 Å². The molecule has 4 heterocycles. The SMILES string of the molecule is O=C1C=CC[C@@H]2[C@@H]3CCC[N@+]4([O-])CCC[C@@H](CN12)[C@H]34. The van der Waals surface area contributed by atoms with Crippen LogP contribution in [0.4, 0.5) is 0 Å². The van der Waals surface area contributed by atoms with Gasteiger partial charge in [-0.2, -0.15) is 0 Å². The van der Waals surface area contributed by atoms with Crippen molar-refractivity contribution in [1.29, 1.82) is 0 Å². The van der Waals surface area contributed by atoms with E-state index in [0.29, 0.717) is 17.9 Å². The van der Waals surface area contributed by atoms with Gasteiger partial charge < -0.3 is 14.8 Å². The molecule has 4 aliphatic heterocycles. The van der Waals surface area contributed by atoms with Gasteiger partial charge in [-0.05, 0) is 38.2 Å². The summed E-state index contributed by atoms with van der Waals surface area (Å²) in [5, 5.41) is 13.1. The molecule has 3 saturated heterocycles. The zero-order valence-electron chi connectivity index (χ0n) is 11.3. The summed E-state index contributed by atoms with van der Waals surface area (Å²) in [5.74, 6) is 1.07. The Hall–Kier alpha value is -0.870. The standard InChI is InChI=1S/C15H22N2O2/c18-14-7-1-6-13-12-5-3-9-17(19)8-2-4-11(15(12)17)10-16(13)14/h1,7,11-13,15H,2-6,8-10H2/t11-,12-,13+,15+,17+/m0/s1. The molecule has 5 atom stereocenters. The number of hydroxylamine groups is 3. The summed E-state index contributed by atoms with van der Waals surface area (Å²) >= 11 is 0. The quantitative estimate of drug-likeness (QED) is 0.492. The second kappa shape index (κ2) is 4.06. The Morgan fingerprint density at radius 2 is 2.05 bits per heavy atom. The maximum Gasteiger partial charge on any atom is 0.246 e. The molecule has 19 heavy (non-hydrogen) atoms. The maximum absolute atomic E-state index is 13.1. The molecule has 104 valence electrons. The lowest BCUT2D eigenvalue weighted by atomic mass is 9.68. The van der Waals surface area contributed by atoms with Crippen LogP contribution in [0.5, 0.6) is 0 Å². The fourth-order valence-corrected chi connectivity index (χ4v) is 5.25. The first kappa shape index (κ1) is 11.9. The van der Waals surface area contributed by atoms with Gasteiger partial charge in [-0.3, -0.25) is 4.79 Å². The van der Waals surface area contributed by atoms with Gasteiger partial charge in [-0.15, -0.1) is 0 Å². The molecule has 0 aliphatic carbocycles. The fourth-order valence-electron chi connectivity index (χ4n) is 5.25. The smallest absolute Gasteiger partial charge is 0.246 e. The number of hydrogen-bond acceptors (Lipinski definition) is 2. The summed E-state index contributed by atoms with van der Waals surface area (Å²) in [4.78, 5) is 14.2. The van der Waals surface area contributed by atoms with E-state index in [1.54, 1.807) is 6.08 Å². The Kier molecular flexibility index (Phi) is 2.55. The Balaban J connectivity index is 1.72. The molecule has 0 unspecified atom stereocenters. The van der Waals surface area contributed by atoms with E-state index in [0.717, 1.165) is 51.7 Å². The highest BCUT2D eigenvalue weighted by molar-refractivity contribution is 5.88. The first-order valence-electron chi connectivity index (χ1n) is 7.74. The van der Waals surface area contributed by atoms with Crippen LogP contribution in [0.15, 0.2) is 12.2 Å². The van der Waals surface area contributed by atoms with E-state index < -0.39 is 0 Å². The van der Waals surface area contributed by atoms with Crippen LogP contribution in [0.2, 0.25) is 0 Å².